The summed E-state index contributed by atoms with van der Waals surface area (Å²) in [5, 5.41) is 4.74. The minimum absolute atomic E-state index is 0.0670. The molecule has 0 N–H and O–H groups in total. The monoisotopic (exact) mass is 446 g/mol. The number of methoxy groups -OCH3 is 1. The van der Waals surface area contributed by atoms with Crippen molar-refractivity contribution in [2.75, 3.05) is 7.11 Å². The van der Waals surface area contributed by atoms with Gasteiger partial charge in [-0.2, -0.15) is 0 Å². The van der Waals surface area contributed by atoms with Gasteiger partial charge in [0, 0.05) is 18.7 Å². The van der Waals surface area contributed by atoms with Gasteiger partial charge < -0.3 is 9.30 Å². The van der Waals surface area contributed by atoms with Gasteiger partial charge in [-0.05, 0) is 56.9 Å². The van der Waals surface area contributed by atoms with Gasteiger partial charge in [-0.25, -0.2) is 24.0 Å². The molecule has 0 saturated carbocycles. The molecule has 0 unspecified atom stereocenters. The van der Waals surface area contributed by atoms with E-state index in [-0.39, 0.29) is 5.92 Å². The topological polar surface area (TPSA) is 70.7 Å². The van der Waals surface area contributed by atoms with Crippen LogP contribution in [0.25, 0.3) is 17.2 Å². The Morgan fingerprint density at radius 1 is 1.15 bits per heavy atom. The van der Waals surface area contributed by atoms with Gasteiger partial charge in [0.1, 0.15) is 22.9 Å². The summed E-state index contributed by atoms with van der Waals surface area (Å²) in [7, 11) is 1.60. The van der Waals surface area contributed by atoms with Crippen LogP contribution in [0.3, 0.4) is 0 Å². The number of ether oxygens (including phenoxy) is 1. The standard InChI is InChI=1S/C25H27FN6O/c1-16-14-31(15-27-16)21-11-10-20(28-24(21)33-4)22-29-23-19(9-6-12-32(23)30-22)17-7-5-8-18(13-17)25(2,3)26/h5,7-8,10-11,13-15,19H,6,9,12H2,1-4H3/t19-/m0/s1. The molecule has 5 rings (SSSR count). The third kappa shape index (κ3) is 4.01. The lowest BCUT2D eigenvalue weighted by molar-refractivity contribution is 0.221. The van der Waals surface area contributed by atoms with Crippen LogP contribution in [0.5, 0.6) is 5.88 Å². The van der Waals surface area contributed by atoms with Crippen molar-refractivity contribution in [1.29, 1.82) is 0 Å². The van der Waals surface area contributed by atoms with Crippen molar-refractivity contribution < 1.29 is 9.13 Å². The number of imidazole rings is 1. The molecule has 4 aromatic rings. The second kappa shape index (κ2) is 8.10. The molecular formula is C25H27FN6O. The van der Waals surface area contributed by atoms with Gasteiger partial charge >= 0.3 is 0 Å². The number of pyridine rings is 1. The minimum Gasteiger partial charge on any atom is -0.479 e. The maximum absolute atomic E-state index is 14.6. The molecule has 170 valence electrons. The number of aryl methyl sites for hydroxylation is 2. The Balaban J connectivity index is 1.51. The van der Waals surface area contributed by atoms with Gasteiger partial charge in [0.15, 0.2) is 5.82 Å². The zero-order valence-electron chi connectivity index (χ0n) is 19.3. The number of aromatic nitrogens is 6. The van der Waals surface area contributed by atoms with Crippen molar-refractivity contribution >= 4 is 0 Å². The molecule has 1 aliphatic rings. The molecule has 0 saturated heterocycles. The third-order valence-corrected chi connectivity index (χ3v) is 6.10. The first-order valence-electron chi connectivity index (χ1n) is 11.1. The average molecular weight is 447 g/mol. The fourth-order valence-electron chi connectivity index (χ4n) is 4.36. The maximum atomic E-state index is 14.6. The number of hydrogen-bond acceptors (Lipinski definition) is 5. The Bertz CT molecular complexity index is 1300. The van der Waals surface area contributed by atoms with Crippen LogP contribution in [0.4, 0.5) is 4.39 Å². The highest BCUT2D eigenvalue weighted by atomic mass is 19.1. The molecule has 0 amide bonds. The maximum Gasteiger partial charge on any atom is 0.238 e. The summed E-state index contributed by atoms with van der Waals surface area (Å²) in [6, 6.07) is 11.6. The molecule has 1 aliphatic heterocycles. The lowest BCUT2D eigenvalue weighted by Gasteiger charge is -2.24. The Morgan fingerprint density at radius 2 is 2.00 bits per heavy atom. The Morgan fingerprint density at radius 3 is 2.73 bits per heavy atom. The summed E-state index contributed by atoms with van der Waals surface area (Å²) >= 11 is 0. The molecule has 0 fully saturated rings. The molecular weight excluding hydrogens is 419 g/mol. The van der Waals surface area contributed by atoms with E-state index in [1.807, 2.05) is 58.8 Å². The van der Waals surface area contributed by atoms with E-state index in [9.17, 15) is 4.39 Å². The van der Waals surface area contributed by atoms with E-state index in [0.717, 1.165) is 42.2 Å². The van der Waals surface area contributed by atoms with E-state index >= 15 is 0 Å². The summed E-state index contributed by atoms with van der Waals surface area (Å²) in [5.74, 6) is 2.00. The molecule has 8 heteroatoms. The number of hydrogen-bond donors (Lipinski definition) is 0. The number of benzene rings is 1. The number of nitrogens with zero attached hydrogens (tertiary/aromatic N) is 6. The Labute approximate surface area is 192 Å². The highest BCUT2D eigenvalue weighted by Gasteiger charge is 2.28. The molecule has 0 radical (unpaired) electrons. The molecule has 1 aromatic carbocycles. The van der Waals surface area contributed by atoms with Gasteiger partial charge in [-0.15, -0.1) is 5.10 Å². The van der Waals surface area contributed by atoms with E-state index in [1.165, 1.54) is 0 Å². The second-order valence-electron chi connectivity index (χ2n) is 8.96. The van der Waals surface area contributed by atoms with Crippen LogP contribution in [0.15, 0.2) is 48.9 Å². The Hall–Kier alpha value is -3.55. The van der Waals surface area contributed by atoms with Crippen molar-refractivity contribution in [2.24, 2.45) is 0 Å². The SMILES string of the molecule is COc1nc(-c2nc3n(n2)CCC[C@H]3c2cccc(C(C)(C)F)c2)ccc1-n1cnc(C)c1. The van der Waals surface area contributed by atoms with Gasteiger partial charge in [0.2, 0.25) is 5.88 Å². The first-order chi connectivity index (χ1) is 15.8. The largest absolute Gasteiger partial charge is 0.479 e. The van der Waals surface area contributed by atoms with E-state index in [1.54, 1.807) is 27.3 Å². The summed E-state index contributed by atoms with van der Waals surface area (Å²) < 4.78 is 23.9. The van der Waals surface area contributed by atoms with E-state index in [0.29, 0.717) is 23.0 Å². The molecule has 4 heterocycles. The van der Waals surface area contributed by atoms with Crippen LogP contribution in [-0.2, 0) is 12.2 Å². The normalized spacial score (nSPS) is 16.0. The lowest BCUT2D eigenvalue weighted by Crippen LogP contribution is -2.18. The summed E-state index contributed by atoms with van der Waals surface area (Å²) in [6.45, 7) is 5.91. The smallest absolute Gasteiger partial charge is 0.238 e. The number of alkyl halides is 1. The fraction of sp³-hybridized carbons (Fsp3) is 0.360. The molecule has 0 bridgehead atoms. The van der Waals surface area contributed by atoms with Crippen LogP contribution < -0.4 is 4.74 Å². The minimum atomic E-state index is -1.39. The molecule has 3 aromatic heterocycles. The van der Waals surface area contributed by atoms with E-state index in [4.69, 9.17) is 14.8 Å². The average Bonchev–Trinajstić information content (AvgIpc) is 3.44. The highest BCUT2D eigenvalue weighted by molar-refractivity contribution is 5.55. The lowest BCUT2D eigenvalue weighted by atomic mass is 9.88. The molecule has 1 atom stereocenters. The van der Waals surface area contributed by atoms with Gasteiger partial charge in [0.25, 0.3) is 0 Å². The molecule has 0 spiro atoms. The molecule has 33 heavy (non-hydrogen) atoms. The molecule has 7 nitrogen and oxygen atoms in total. The van der Waals surface area contributed by atoms with Crippen LogP contribution in [0.1, 0.15) is 55.3 Å². The Kier molecular flexibility index (Phi) is 5.23. The van der Waals surface area contributed by atoms with Crippen LogP contribution >= 0.6 is 0 Å². The fourth-order valence-corrected chi connectivity index (χ4v) is 4.36. The summed E-state index contributed by atoms with van der Waals surface area (Å²) in [6.07, 6.45) is 5.59. The third-order valence-electron chi connectivity index (χ3n) is 6.10. The summed E-state index contributed by atoms with van der Waals surface area (Å²) in [5.41, 5.74) is 2.71. The number of fused-ring (bicyclic) bond motifs is 1. The van der Waals surface area contributed by atoms with Crippen LogP contribution in [0.2, 0.25) is 0 Å². The predicted octanol–water partition coefficient (Wildman–Crippen LogP) is 4.97. The molecule has 0 aliphatic carbocycles. The summed E-state index contributed by atoms with van der Waals surface area (Å²) in [4.78, 5) is 13.8. The first kappa shape index (κ1) is 21.3. The highest BCUT2D eigenvalue weighted by Crippen LogP contribution is 2.36. The van der Waals surface area contributed by atoms with E-state index < -0.39 is 5.67 Å². The van der Waals surface area contributed by atoms with Gasteiger partial charge in [0.05, 0.1) is 19.1 Å². The van der Waals surface area contributed by atoms with Crippen LogP contribution in [-0.4, -0.2) is 36.4 Å². The number of halogens is 1. The van der Waals surface area contributed by atoms with Crippen molar-refractivity contribution in [2.45, 2.75) is 51.7 Å². The van der Waals surface area contributed by atoms with Crippen LogP contribution in [0, 0.1) is 6.92 Å². The number of rotatable bonds is 5. The van der Waals surface area contributed by atoms with Crippen molar-refractivity contribution in [3.8, 4) is 23.1 Å². The van der Waals surface area contributed by atoms with Crippen molar-refractivity contribution in [1.82, 2.24) is 29.3 Å². The zero-order valence-corrected chi connectivity index (χ0v) is 19.3. The quantitative estimate of drug-likeness (QED) is 0.433. The van der Waals surface area contributed by atoms with Gasteiger partial charge in [-0.3, -0.25) is 0 Å². The van der Waals surface area contributed by atoms with Crippen molar-refractivity contribution in [3.63, 3.8) is 0 Å². The zero-order chi connectivity index (χ0) is 23.2. The van der Waals surface area contributed by atoms with Gasteiger partial charge in [-0.1, -0.05) is 24.3 Å². The predicted molar refractivity (Wildman–Crippen MR) is 123 cm³/mol. The van der Waals surface area contributed by atoms with Crippen molar-refractivity contribution in [3.05, 3.63) is 71.6 Å². The first-order valence-corrected chi connectivity index (χ1v) is 11.1. The van der Waals surface area contributed by atoms with E-state index in [2.05, 4.69) is 9.97 Å². The second-order valence-corrected chi connectivity index (χ2v) is 8.96.